The Morgan fingerprint density at radius 1 is 1.61 bits per heavy atom. The summed E-state index contributed by atoms with van der Waals surface area (Å²) in [5, 5.41) is 0. The number of hydrogen-bond acceptors (Lipinski definition) is 5. The summed E-state index contributed by atoms with van der Waals surface area (Å²) >= 11 is 1.13. The van der Waals surface area contributed by atoms with E-state index in [0.717, 1.165) is 11.3 Å². The fourth-order valence-electron chi connectivity index (χ4n) is 1.47. The van der Waals surface area contributed by atoms with Crippen LogP contribution in [0.5, 0.6) is 0 Å². The lowest BCUT2D eigenvalue weighted by atomic mass is 10.2. The van der Waals surface area contributed by atoms with E-state index in [4.69, 9.17) is 4.74 Å². The van der Waals surface area contributed by atoms with Crippen LogP contribution < -0.4 is 5.56 Å². The average Bonchev–Trinajstić information content (AvgIpc) is 2.74. The second-order valence-corrected chi connectivity index (χ2v) is 4.73. The highest BCUT2D eigenvalue weighted by molar-refractivity contribution is 7.18. The van der Waals surface area contributed by atoms with Gasteiger partial charge in [0.15, 0.2) is 4.96 Å². The van der Waals surface area contributed by atoms with E-state index in [-0.39, 0.29) is 5.56 Å². The van der Waals surface area contributed by atoms with Crippen LogP contribution in [0.2, 0.25) is 0 Å². The topological polar surface area (TPSA) is 60.7 Å². The summed E-state index contributed by atoms with van der Waals surface area (Å²) in [7, 11) is 0. The van der Waals surface area contributed by atoms with Gasteiger partial charge in [-0.2, -0.15) is 0 Å². The van der Waals surface area contributed by atoms with Gasteiger partial charge in [0, 0.05) is 12.4 Å². The molecule has 2 aromatic rings. The Bertz CT molecular complexity index is 684. The Labute approximate surface area is 107 Å². The number of rotatable bonds is 3. The molecule has 0 atom stereocenters. The van der Waals surface area contributed by atoms with Crippen molar-refractivity contribution < 1.29 is 9.53 Å². The molecule has 0 bridgehead atoms. The number of carbonyl (C=O) groups is 1. The van der Waals surface area contributed by atoms with Crippen LogP contribution in [-0.4, -0.2) is 22.0 Å². The normalized spacial score (nSPS) is 10.6. The van der Waals surface area contributed by atoms with Gasteiger partial charge in [0.2, 0.25) is 0 Å². The first-order chi connectivity index (χ1) is 8.54. The van der Waals surface area contributed by atoms with Crippen molar-refractivity contribution >= 4 is 27.8 Å². The lowest BCUT2D eigenvalue weighted by Gasteiger charge is -1.97. The summed E-state index contributed by atoms with van der Waals surface area (Å²) in [6, 6.07) is 0. The van der Waals surface area contributed by atoms with Crippen molar-refractivity contribution in [2.24, 2.45) is 0 Å². The zero-order chi connectivity index (χ0) is 13.3. The van der Waals surface area contributed by atoms with E-state index < -0.39 is 5.97 Å². The summed E-state index contributed by atoms with van der Waals surface area (Å²) in [6.45, 7) is 7.49. The van der Waals surface area contributed by atoms with Crippen LogP contribution in [0.4, 0.5) is 0 Å². The molecular formula is C12H12N2O3S. The Hall–Kier alpha value is -1.95. The van der Waals surface area contributed by atoms with Crippen molar-refractivity contribution in [1.29, 1.82) is 0 Å². The molecule has 0 aliphatic rings. The molecule has 2 heterocycles. The number of aromatic nitrogens is 2. The molecule has 2 rings (SSSR count). The van der Waals surface area contributed by atoms with Crippen molar-refractivity contribution in [2.75, 3.05) is 6.61 Å². The van der Waals surface area contributed by atoms with Crippen LogP contribution >= 0.6 is 11.3 Å². The predicted octanol–water partition coefficient (Wildman–Crippen LogP) is 1.97. The van der Waals surface area contributed by atoms with E-state index in [1.165, 1.54) is 16.8 Å². The maximum absolute atomic E-state index is 12.1. The maximum atomic E-state index is 12.1. The van der Waals surface area contributed by atoms with Gasteiger partial charge in [-0.3, -0.25) is 9.20 Å². The van der Waals surface area contributed by atoms with E-state index >= 15 is 0 Å². The SMILES string of the molecule is C=C(C)c1cnc2sc(C(=O)OCC)cn2c1=O. The number of thiazole rings is 1. The number of hydrogen-bond donors (Lipinski definition) is 0. The van der Waals surface area contributed by atoms with Gasteiger partial charge in [0.25, 0.3) is 5.56 Å². The molecule has 5 nitrogen and oxygen atoms in total. The van der Waals surface area contributed by atoms with Crippen molar-refractivity contribution in [2.45, 2.75) is 13.8 Å². The van der Waals surface area contributed by atoms with Gasteiger partial charge in [0.1, 0.15) is 4.88 Å². The standard InChI is InChI=1S/C12H12N2O3S/c1-4-17-11(16)9-6-14-10(15)8(7(2)3)5-13-12(14)18-9/h5-6H,2,4H2,1,3H3. The van der Waals surface area contributed by atoms with Crippen molar-refractivity contribution in [1.82, 2.24) is 9.38 Å². The average molecular weight is 264 g/mol. The lowest BCUT2D eigenvalue weighted by molar-refractivity contribution is 0.0531. The summed E-state index contributed by atoms with van der Waals surface area (Å²) in [6.07, 6.45) is 2.94. The first kappa shape index (κ1) is 12.5. The molecule has 2 aromatic heterocycles. The molecule has 0 aliphatic carbocycles. The maximum Gasteiger partial charge on any atom is 0.349 e. The van der Waals surface area contributed by atoms with Crippen LogP contribution in [0.25, 0.3) is 10.5 Å². The molecule has 0 aliphatic heterocycles. The highest BCUT2D eigenvalue weighted by Crippen LogP contribution is 2.16. The van der Waals surface area contributed by atoms with E-state index in [1.807, 2.05) is 0 Å². The number of nitrogens with zero attached hydrogens (tertiary/aromatic N) is 2. The quantitative estimate of drug-likeness (QED) is 0.795. The molecular weight excluding hydrogens is 252 g/mol. The zero-order valence-electron chi connectivity index (χ0n) is 10.1. The Kier molecular flexibility index (Phi) is 3.29. The second kappa shape index (κ2) is 4.73. The molecule has 0 fully saturated rings. The first-order valence-corrected chi connectivity index (χ1v) is 6.20. The fraction of sp³-hybridized carbons (Fsp3) is 0.250. The minimum atomic E-state index is -0.440. The third-order valence-corrected chi connectivity index (χ3v) is 3.32. The Balaban J connectivity index is 2.59. The third kappa shape index (κ3) is 2.06. The molecule has 94 valence electrons. The van der Waals surface area contributed by atoms with Gasteiger partial charge in [0.05, 0.1) is 12.2 Å². The van der Waals surface area contributed by atoms with E-state index in [9.17, 15) is 9.59 Å². The molecule has 0 amide bonds. The molecule has 0 radical (unpaired) electrons. The zero-order valence-corrected chi connectivity index (χ0v) is 10.9. The molecule has 0 saturated heterocycles. The molecule has 0 aromatic carbocycles. The number of allylic oxidation sites excluding steroid dienone is 1. The number of esters is 1. The van der Waals surface area contributed by atoms with Crippen LogP contribution in [0.3, 0.4) is 0 Å². The fourth-order valence-corrected chi connectivity index (χ4v) is 2.31. The van der Waals surface area contributed by atoms with Gasteiger partial charge >= 0.3 is 5.97 Å². The molecule has 0 N–H and O–H groups in total. The van der Waals surface area contributed by atoms with Crippen molar-refractivity contribution in [3.8, 4) is 0 Å². The monoisotopic (exact) mass is 264 g/mol. The third-order valence-electron chi connectivity index (χ3n) is 2.34. The highest BCUT2D eigenvalue weighted by Gasteiger charge is 2.14. The molecule has 0 saturated carbocycles. The largest absolute Gasteiger partial charge is 0.462 e. The number of fused-ring (bicyclic) bond motifs is 1. The summed E-state index contributed by atoms with van der Waals surface area (Å²) < 4.78 is 6.23. The predicted molar refractivity (Wildman–Crippen MR) is 70.0 cm³/mol. The van der Waals surface area contributed by atoms with Crippen LogP contribution in [0.15, 0.2) is 23.8 Å². The minimum Gasteiger partial charge on any atom is -0.462 e. The molecule has 0 unspecified atom stereocenters. The van der Waals surface area contributed by atoms with Crippen LogP contribution in [0.1, 0.15) is 29.1 Å². The van der Waals surface area contributed by atoms with Crippen molar-refractivity contribution in [3.05, 3.63) is 39.8 Å². The van der Waals surface area contributed by atoms with Gasteiger partial charge in [-0.15, -0.1) is 0 Å². The van der Waals surface area contributed by atoms with E-state index in [0.29, 0.717) is 27.6 Å². The second-order valence-electron chi connectivity index (χ2n) is 3.73. The van der Waals surface area contributed by atoms with Gasteiger partial charge in [-0.1, -0.05) is 17.9 Å². The van der Waals surface area contributed by atoms with E-state index in [2.05, 4.69) is 11.6 Å². The highest BCUT2D eigenvalue weighted by atomic mass is 32.1. The van der Waals surface area contributed by atoms with E-state index in [1.54, 1.807) is 13.8 Å². The smallest absolute Gasteiger partial charge is 0.349 e. The molecule has 6 heteroatoms. The molecule has 18 heavy (non-hydrogen) atoms. The van der Waals surface area contributed by atoms with Crippen LogP contribution in [0, 0.1) is 0 Å². The Morgan fingerprint density at radius 2 is 2.33 bits per heavy atom. The first-order valence-electron chi connectivity index (χ1n) is 5.38. The number of carbonyl (C=O) groups excluding carboxylic acids is 1. The number of ether oxygens (including phenoxy) is 1. The minimum absolute atomic E-state index is 0.223. The van der Waals surface area contributed by atoms with Crippen LogP contribution in [-0.2, 0) is 4.74 Å². The lowest BCUT2D eigenvalue weighted by Crippen LogP contribution is -2.16. The molecule has 0 spiro atoms. The van der Waals surface area contributed by atoms with Crippen molar-refractivity contribution in [3.63, 3.8) is 0 Å². The summed E-state index contributed by atoms with van der Waals surface area (Å²) in [5.74, 6) is -0.440. The van der Waals surface area contributed by atoms with Gasteiger partial charge < -0.3 is 4.74 Å². The summed E-state index contributed by atoms with van der Waals surface area (Å²) in [5.41, 5.74) is 0.866. The van der Waals surface area contributed by atoms with Gasteiger partial charge in [-0.05, 0) is 19.4 Å². The summed E-state index contributed by atoms with van der Waals surface area (Å²) in [4.78, 5) is 28.6. The van der Waals surface area contributed by atoms with Gasteiger partial charge in [-0.25, -0.2) is 9.78 Å². The Morgan fingerprint density at radius 3 is 2.94 bits per heavy atom.